The number of aliphatic hydroxyl groups excluding tert-OH is 1. The van der Waals surface area contributed by atoms with Gasteiger partial charge in [0, 0.05) is 18.7 Å². The van der Waals surface area contributed by atoms with Crippen LogP contribution in [0.15, 0.2) is 24.3 Å². The number of rotatable bonds is 3. The number of carbonyl (C=O) groups is 1. The standard InChI is InChI=1S/C12H15NO2S/c14-7-9-2-1-3-11(4-9)13-6-10(8-16)5-12(13)15/h1-4,10,14,16H,5-8H2. The largest absolute Gasteiger partial charge is 0.392 e. The van der Waals surface area contributed by atoms with E-state index >= 15 is 0 Å². The second kappa shape index (κ2) is 4.89. The SMILES string of the molecule is O=C1CC(CS)CN1c1cccc(CO)c1. The molecule has 1 saturated heterocycles. The minimum atomic E-state index is 0.00582. The van der Waals surface area contributed by atoms with Gasteiger partial charge in [0.2, 0.25) is 5.91 Å². The number of amides is 1. The van der Waals surface area contributed by atoms with E-state index in [4.69, 9.17) is 5.11 Å². The Morgan fingerprint density at radius 2 is 2.31 bits per heavy atom. The average molecular weight is 237 g/mol. The summed E-state index contributed by atoms with van der Waals surface area (Å²) < 4.78 is 0. The van der Waals surface area contributed by atoms with Crippen LogP contribution in [0.2, 0.25) is 0 Å². The number of thiol groups is 1. The van der Waals surface area contributed by atoms with Crippen LogP contribution in [0.1, 0.15) is 12.0 Å². The Hall–Kier alpha value is -1.00. The molecule has 1 heterocycles. The van der Waals surface area contributed by atoms with Crippen LogP contribution in [0.3, 0.4) is 0 Å². The van der Waals surface area contributed by atoms with Crippen LogP contribution in [-0.2, 0) is 11.4 Å². The summed E-state index contributed by atoms with van der Waals surface area (Å²) in [7, 11) is 0. The average Bonchev–Trinajstić information content (AvgIpc) is 2.71. The van der Waals surface area contributed by atoms with Crippen molar-refractivity contribution >= 4 is 24.2 Å². The summed E-state index contributed by atoms with van der Waals surface area (Å²) in [5, 5.41) is 9.05. The molecule has 0 aliphatic carbocycles. The molecule has 86 valence electrons. The molecule has 3 nitrogen and oxygen atoms in total. The van der Waals surface area contributed by atoms with Crippen LogP contribution in [0.5, 0.6) is 0 Å². The maximum absolute atomic E-state index is 11.8. The van der Waals surface area contributed by atoms with Crippen molar-refractivity contribution in [3.63, 3.8) is 0 Å². The summed E-state index contributed by atoms with van der Waals surface area (Å²) in [5.74, 6) is 1.23. The zero-order valence-corrected chi connectivity index (χ0v) is 9.86. The lowest BCUT2D eigenvalue weighted by molar-refractivity contribution is -0.117. The maximum Gasteiger partial charge on any atom is 0.227 e. The van der Waals surface area contributed by atoms with Gasteiger partial charge in [0.25, 0.3) is 0 Å². The normalized spacial score (nSPS) is 20.5. The molecule has 0 radical (unpaired) electrons. The van der Waals surface area contributed by atoms with Crippen molar-refractivity contribution in [2.75, 3.05) is 17.2 Å². The molecule has 1 amide bonds. The third-order valence-corrected chi connectivity index (χ3v) is 3.38. The molecule has 1 aliphatic heterocycles. The highest BCUT2D eigenvalue weighted by atomic mass is 32.1. The van der Waals surface area contributed by atoms with Gasteiger partial charge in [-0.1, -0.05) is 12.1 Å². The molecule has 2 rings (SSSR count). The van der Waals surface area contributed by atoms with Crippen molar-refractivity contribution in [3.05, 3.63) is 29.8 Å². The highest BCUT2D eigenvalue weighted by Crippen LogP contribution is 2.26. The van der Waals surface area contributed by atoms with Gasteiger partial charge in [0.15, 0.2) is 0 Å². The molecular formula is C12H15NO2S. The van der Waals surface area contributed by atoms with Gasteiger partial charge in [-0.05, 0) is 29.4 Å². The van der Waals surface area contributed by atoms with E-state index in [1.54, 1.807) is 4.90 Å². The Kier molecular flexibility index (Phi) is 3.51. The van der Waals surface area contributed by atoms with Crippen molar-refractivity contribution in [2.24, 2.45) is 5.92 Å². The van der Waals surface area contributed by atoms with Gasteiger partial charge >= 0.3 is 0 Å². The number of aliphatic hydroxyl groups is 1. The van der Waals surface area contributed by atoms with Gasteiger partial charge in [-0.3, -0.25) is 4.79 Å². The predicted molar refractivity (Wildman–Crippen MR) is 66.7 cm³/mol. The van der Waals surface area contributed by atoms with E-state index in [9.17, 15) is 4.79 Å². The zero-order chi connectivity index (χ0) is 11.5. The first-order valence-electron chi connectivity index (χ1n) is 5.35. The maximum atomic E-state index is 11.8. The minimum Gasteiger partial charge on any atom is -0.392 e. The lowest BCUT2D eigenvalue weighted by atomic mass is 10.1. The van der Waals surface area contributed by atoms with E-state index in [0.29, 0.717) is 12.3 Å². The third-order valence-electron chi connectivity index (χ3n) is 2.87. The van der Waals surface area contributed by atoms with Crippen LogP contribution in [0.25, 0.3) is 0 Å². The van der Waals surface area contributed by atoms with E-state index < -0.39 is 0 Å². The molecule has 1 unspecified atom stereocenters. The number of hydrogen-bond donors (Lipinski definition) is 2. The highest BCUT2D eigenvalue weighted by molar-refractivity contribution is 7.80. The third kappa shape index (κ3) is 2.23. The van der Waals surface area contributed by atoms with Crippen LogP contribution < -0.4 is 4.90 Å². The summed E-state index contributed by atoms with van der Waals surface area (Å²) in [6, 6.07) is 7.47. The second-order valence-electron chi connectivity index (χ2n) is 4.09. The van der Waals surface area contributed by atoms with E-state index in [1.165, 1.54) is 0 Å². The fourth-order valence-electron chi connectivity index (χ4n) is 1.98. The molecule has 1 fully saturated rings. The Labute approximate surface area is 100 Å². The quantitative estimate of drug-likeness (QED) is 0.781. The van der Waals surface area contributed by atoms with Gasteiger partial charge < -0.3 is 10.0 Å². The number of benzene rings is 1. The minimum absolute atomic E-state index is 0.00582. The molecular weight excluding hydrogens is 222 g/mol. The summed E-state index contributed by atoms with van der Waals surface area (Å²) in [6.07, 6.45) is 0.576. The van der Waals surface area contributed by atoms with Crippen molar-refractivity contribution in [2.45, 2.75) is 13.0 Å². The Morgan fingerprint density at radius 3 is 2.94 bits per heavy atom. The van der Waals surface area contributed by atoms with Crippen LogP contribution >= 0.6 is 12.6 Å². The molecule has 16 heavy (non-hydrogen) atoms. The number of anilines is 1. The first-order valence-corrected chi connectivity index (χ1v) is 5.99. The van der Waals surface area contributed by atoms with E-state index in [1.807, 2.05) is 24.3 Å². The second-order valence-corrected chi connectivity index (χ2v) is 4.45. The van der Waals surface area contributed by atoms with Crippen molar-refractivity contribution in [1.82, 2.24) is 0 Å². The van der Waals surface area contributed by atoms with Gasteiger partial charge in [0.05, 0.1) is 6.61 Å². The van der Waals surface area contributed by atoms with Crippen LogP contribution in [0.4, 0.5) is 5.69 Å². The smallest absolute Gasteiger partial charge is 0.227 e. The Morgan fingerprint density at radius 1 is 1.50 bits per heavy atom. The van der Waals surface area contributed by atoms with Gasteiger partial charge in [-0.25, -0.2) is 0 Å². The Bertz CT molecular complexity index is 394. The molecule has 1 aromatic rings. The fourth-order valence-corrected chi connectivity index (χ4v) is 2.22. The summed E-state index contributed by atoms with van der Waals surface area (Å²) in [6.45, 7) is 0.739. The molecule has 0 bridgehead atoms. The number of nitrogens with zero attached hydrogens (tertiary/aromatic N) is 1. The molecule has 4 heteroatoms. The molecule has 1 aromatic carbocycles. The van der Waals surface area contributed by atoms with Crippen molar-refractivity contribution in [1.29, 1.82) is 0 Å². The van der Waals surface area contributed by atoms with Gasteiger partial charge in [-0.2, -0.15) is 12.6 Å². The lowest BCUT2D eigenvalue weighted by Gasteiger charge is -2.17. The van der Waals surface area contributed by atoms with E-state index in [-0.39, 0.29) is 12.5 Å². The zero-order valence-electron chi connectivity index (χ0n) is 8.97. The van der Waals surface area contributed by atoms with E-state index in [0.717, 1.165) is 23.5 Å². The van der Waals surface area contributed by atoms with Crippen LogP contribution in [-0.4, -0.2) is 23.3 Å². The van der Waals surface area contributed by atoms with Gasteiger partial charge in [0.1, 0.15) is 0 Å². The van der Waals surface area contributed by atoms with Crippen molar-refractivity contribution in [3.8, 4) is 0 Å². The monoisotopic (exact) mass is 237 g/mol. The summed E-state index contributed by atoms with van der Waals surface area (Å²) >= 11 is 4.23. The fraction of sp³-hybridized carbons (Fsp3) is 0.417. The number of hydrogen-bond acceptors (Lipinski definition) is 3. The molecule has 0 saturated carbocycles. The lowest BCUT2D eigenvalue weighted by Crippen LogP contribution is -2.24. The van der Waals surface area contributed by atoms with E-state index in [2.05, 4.69) is 12.6 Å². The highest BCUT2D eigenvalue weighted by Gasteiger charge is 2.29. The molecule has 0 aromatic heterocycles. The molecule has 1 atom stereocenters. The molecule has 1 aliphatic rings. The molecule has 1 N–H and O–H groups in total. The van der Waals surface area contributed by atoms with Gasteiger partial charge in [-0.15, -0.1) is 0 Å². The first-order chi connectivity index (χ1) is 7.74. The van der Waals surface area contributed by atoms with Crippen LogP contribution in [0, 0.1) is 5.92 Å². The van der Waals surface area contributed by atoms with Crippen molar-refractivity contribution < 1.29 is 9.90 Å². The summed E-state index contributed by atoms with van der Waals surface area (Å²) in [4.78, 5) is 13.6. The predicted octanol–water partition coefficient (Wildman–Crippen LogP) is 1.46. The summed E-state index contributed by atoms with van der Waals surface area (Å²) in [5.41, 5.74) is 1.71. The number of carbonyl (C=O) groups excluding carboxylic acids is 1. The first kappa shape index (κ1) is 11.5. The topological polar surface area (TPSA) is 40.5 Å². The Balaban J connectivity index is 2.20. The molecule has 0 spiro atoms.